The first kappa shape index (κ1) is 22.0. The molecule has 2 aromatic carbocycles. The van der Waals surface area contributed by atoms with Crippen LogP contribution in [0.25, 0.3) is 34.2 Å². The van der Waals surface area contributed by atoms with E-state index in [-0.39, 0.29) is 21.1 Å². The van der Waals surface area contributed by atoms with Crippen LogP contribution >= 0.6 is 23.5 Å². The van der Waals surface area contributed by atoms with Gasteiger partial charge < -0.3 is 10.6 Å². The van der Waals surface area contributed by atoms with Crippen molar-refractivity contribution in [1.82, 2.24) is 9.97 Å². The molecule has 0 amide bonds. The zero-order valence-electron chi connectivity index (χ0n) is 17.2. The third kappa shape index (κ3) is 4.79. The minimum atomic E-state index is 0. The number of aromatic nitrogens is 2. The van der Waals surface area contributed by atoms with Crippen molar-refractivity contribution in [2.45, 2.75) is 9.79 Å². The second kappa shape index (κ2) is 9.60. The largest absolute Gasteiger partial charge is 2.00 e. The molecule has 2 aliphatic heterocycles. The Balaban J connectivity index is 0.00000228. The van der Waals surface area contributed by atoms with Gasteiger partial charge in [0.1, 0.15) is 0 Å². The number of pyridine rings is 2. The molecule has 2 aromatic heterocycles. The average molecular weight is 644 g/mol. The topological polar surface area (TPSA) is 54.0 Å². The third-order valence-electron chi connectivity index (χ3n) is 4.97. The van der Waals surface area contributed by atoms with Gasteiger partial charge in [-0.05, 0) is 58.3 Å². The maximum Gasteiger partial charge on any atom is 2.00 e. The van der Waals surface area contributed by atoms with Gasteiger partial charge in [-0.1, -0.05) is 58.6 Å². The fourth-order valence-electron chi connectivity index (χ4n) is 3.51. The van der Waals surface area contributed by atoms with Gasteiger partial charge in [-0.25, -0.2) is 9.97 Å². The summed E-state index contributed by atoms with van der Waals surface area (Å²) in [7, 11) is 0. The molecule has 4 heterocycles. The normalized spacial score (nSPS) is 16.0. The number of para-hydroxylation sites is 2. The van der Waals surface area contributed by atoms with E-state index in [2.05, 4.69) is 22.8 Å². The van der Waals surface area contributed by atoms with Crippen molar-refractivity contribution in [2.24, 2.45) is 0 Å². The maximum absolute atomic E-state index is 4.81. The van der Waals surface area contributed by atoms with E-state index in [4.69, 9.17) is 9.97 Å². The van der Waals surface area contributed by atoms with E-state index in [1.807, 2.05) is 84.9 Å². The molecule has 0 N–H and O–H groups in total. The Hall–Kier alpha value is -2.79. The van der Waals surface area contributed by atoms with E-state index in [9.17, 15) is 0 Å². The van der Waals surface area contributed by atoms with Crippen molar-refractivity contribution >= 4 is 47.1 Å². The summed E-state index contributed by atoms with van der Waals surface area (Å²) in [6.45, 7) is 0. The zero-order valence-corrected chi connectivity index (χ0v) is 21.1. The van der Waals surface area contributed by atoms with Gasteiger partial charge >= 0.3 is 21.1 Å². The van der Waals surface area contributed by atoms with Gasteiger partial charge in [-0.2, -0.15) is 0 Å². The van der Waals surface area contributed by atoms with Crippen LogP contribution in [0.15, 0.2) is 105 Å². The number of benzene rings is 2. The summed E-state index contributed by atoms with van der Waals surface area (Å²) >= 11 is 3.33. The van der Waals surface area contributed by atoms with E-state index in [1.54, 1.807) is 23.5 Å². The van der Waals surface area contributed by atoms with Crippen LogP contribution in [0.4, 0.5) is 11.4 Å². The third-order valence-corrected chi connectivity index (χ3v) is 6.93. The second-order valence-electron chi connectivity index (χ2n) is 7.22. The van der Waals surface area contributed by atoms with E-state index in [0.717, 1.165) is 44.2 Å². The summed E-state index contributed by atoms with van der Waals surface area (Å²) in [5.41, 5.74) is 5.42. The monoisotopic (exact) mass is 643 g/mol. The Morgan fingerprint density at radius 3 is 1.45 bits per heavy atom. The molecule has 0 saturated heterocycles. The van der Waals surface area contributed by atoms with Crippen LogP contribution in [0.5, 0.6) is 0 Å². The Morgan fingerprint density at radius 2 is 1.00 bits per heavy atom. The standard InChI is InChI=1S/C26H16N4S2.Pt/c1-3-13-23-21(9-1)29-25(31-23)15-17-7-5-11-19(27-17)20-12-6-8-18(28-20)16-26-30-22-10-2-4-14-24(22)32-26;/h1-16H;/q-2;+2/b25-15+,26-16+;. The quantitative estimate of drug-likeness (QED) is 0.225. The van der Waals surface area contributed by atoms with Crippen LogP contribution in [0.2, 0.25) is 0 Å². The summed E-state index contributed by atoms with van der Waals surface area (Å²) in [4.78, 5) is 12.0. The van der Waals surface area contributed by atoms with Crippen LogP contribution < -0.4 is 0 Å². The molecule has 7 heteroatoms. The molecule has 0 fully saturated rings. The summed E-state index contributed by atoms with van der Waals surface area (Å²) in [5, 5.41) is 11.3. The predicted molar refractivity (Wildman–Crippen MR) is 134 cm³/mol. The van der Waals surface area contributed by atoms with Crippen molar-refractivity contribution in [3.05, 3.63) is 117 Å². The van der Waals surface area contributed by atoms with Crippen molar-refractivity contribution in [1.29, 1.82) is 0 Å². The van der Waals surface area contributed by atoms with E-state index in [0.29, 0.717) is 0 Å². The van der Waals surface area contributed by atoms with E-state index in [1.165, 1.54) is 9.79 Å². The zero-order chi connectivity index (χ0) is 21.3. The number of hydrogen-bond donors (Lipinski definition) is 0. The second-order valence-corrected chi connectivity index (χ2v) is 9.35. The molecular weight excluding hydrogens is 628 g/mol. The molecule has 4 nitrogen and oxygen atoms in total. The van der Waals surface area contributed by atoms with Gasteiger partial charge in [-0.3, -0.25) is 0 Å². The van der Waals surface area contributed by atoms with Gasteiger partial charge in [0.25, 0.3) is 0 Å². The fourth-order valence-corrected chi connectivity index (χ4v) is 5.33. The molecule has 2 aliphatic rings. The summed E-state index contributed by atoms with van der Waals surface area (Å²) in [6, 6.07) is 28.3. The summed E-state index contributed by atoms with van der Waals surface area (Å²) in [5.74, 6) is 0. The van der Waals surface area contributed by atoms with Crippen LogP contribution in [-0.2, 0) is 21.1 Å². The number of thioether (sulfide) groups is 2. The molecule has 0 saturated carbocycles. The molecule has 162 valence electrons. The molecule has 0 aliphatic carbocycles. The Kier molecular flexibility index (Phi) is 6.41. The van der Waals surface area contributed by atoms with Crippen LogP contribution in [0.3, 0.4) is 0 Å². The first-order valence-corrected chi connectivity index (χ1v) is 11.8. The van der Waals surface area contributed by atoms with Crippen LogP contribution in [-0.4, -0.2) is 9.97 Å². The van der Waals surface area contributed by atoms with E-state index >= 15 is 0 Å². The molecular formula is C26H16N4PtS2. The smallest absolute Gasteiger partial charge is 0.651 e. The minimum Gasteiger partial charge on any atom is -0.651 e. The molecule has 0 unspecified atom stereocenters. The van der Waals surface area contributed by atoms with Gasteiger partial charge in [0, 0.05) is 0 Å². The molecule has 4 aromatic rings. The predicted octanol–water partition coefficient (Wildman–Crippen LogP) is 8.36. The first-order valence-electron chi connectivity index (χ1n) is 10.2. The van der Waals surface area contributed by atoms with Crippen molar-refractivity contribution < 1.29 is 21.1 Å². The van der Waals surface area contributed by atoms with Crippen LogP contribution in [0, 0.1) is 0 Å². The first-order chi connectivity index (χ1) is 15.8. The molecule has 0 atom stereocenters. The van der Waals surface area contributed by atoms with Crippen molar-refractivity contribution in [3.63, 3.8) is 0 Å². The maximum atomic E-state index is 4.81. The van der Waals surface area contributed by atoms with Crippen molar-refractivity contribution in [3.8, 4) is 11.4 Å². The average Bonchev–Trinajstić information content (AvgIpc) is 3.42. The van der Waals surface area contributed by atoms with Gasteiger partial charge in [-0.15, -0.1) is 34.9 Å². The number of rotatable bonds is 3. The molecule has 33 heavy (non-hydrogen) atoms. The number of hydrogen-bond acceptors (Lipinski definition) is 4. The van der Waals surface area contributed by atoms with Gasteiger partial charge in [0.15, 0.2) is 0 Å². The van der Waals surface area contributed by atoms with Crippen molar-refractivity contribution in [2.75, 3.05) is 0 Å². The van der Waals surface area contributed by atoms with Gasteiger partial charge in [0.05, 0.1) is 22.8 Å². The van der Waals surface area contributed by atoms with E-state index < -0.39 is 0 Å². The SMILES string of the molecule is C(=C1/[N-]c2ccccc2S1)/c1cccc(-c2cccc(/C=C3\[N-]c4ccccc4S3)n2)n1.[Pt+2]. The molecule has 0 bridgehead atoms. The Bertz CT molecular complexity index is 1240. The number of nitrogens with zero attached hydrogens (tertiary/aromatic N) is 4. The Labute approximate surface area is 215 Å². The molecule has 6 rings (SSSR count). The summed E-state index contributed by atoms with van der Waals surface area (Å²) < 4.78 is 0. The molecule has 0 spiro atoms. The number of fused-ring (bicyclic) bond motifs is 2. The van der Waals surface area contributed by atoms with Gasteiger partial charge in [0.2, 0.25) is 0 Å². The van der Waals surface area contributed by atoms with Crippen LogP contribution in [0.1, 0.15) is 11.4 Å². The fraction of sp³-hybridized carbons (Fsp3) is 0. The Morgan fingerprint density at radius 1 is 0.545 bits per heavy atom. The summed E-state index contributed by atoms with van der Waals surface area (Å²) in [6.07, 6.45) is 4.04. The molecule has 0 radical (unpaired) electrons. The minimum absolute atomic E-state index is 0.